The summed E-state index contributed by atoms with van der Waals surface area (Å²) in [6.07, 6.45) is 4.60. The Kier molecular flexibility index (Phi) is 6.97. The van der Waals surface area contributed by atoms with Crippen molar-refractivity contribution in [1.82, 2.24) is 0 Å². The number of benzene rings is 2. The average molecular weight is 486 g/mol. The molecule has 0 heterocycles. The quantitative estimate of drug-likeness (QED) is 0.304. The number of alkyl halides is 2. The molecule has 1 nitrogen and oxygen atoms in total. The van der Waals surface area contributed by atoms with Crippen molar-refractivity contribution < 1.29 is 35.5 Å². The Morgan fingerprint density at radius 1 is 0.765 bits per heavy atom. The van der Waals surface area contributed by atoms with E-state index in [4.69, 9.17) is 0 Å². The molecule has 0 saturated heterocycles. The van der Waals surface area contributed by atoms with Crippen LogP contribution in [0.4, 0.5) is 30.7 Å². The van der Waals surface area contributed by atoms with E-state index in [9.17, 15) is 30.7 Å². The largest absolute Gasteiger partial charge is 0.427 e. The maximum Gasteiger partial charge on any atom is 0.427 e. The summed E-state index contributed by atoms with van der Waals surface area (Å²) in [4.78, 5) is 0. The van der Waals surface area contributed by atoms with Crippen LogP contribution in [0.15, 0.2) is 30.3 Å². The first kappa shape index (κ1) is 24.6. The third kappa shape index (κ3) is 5.10. The Morgan fingerprint density at radius 3 is 1.88 bits per heavy atom. The normalized spacial score (nSPS) is 23.5. The van der Waals surface area contributed by atoms with Crippen molar-refractivity contribution in [3.05, 3.63) is 70.6 Å². The predicted molar refractivity (Wildman–Crippen MR) is 114 cm³/mol. The number of ether oxygens (including phenoxy) is 1. The highest BCUT2D eigenvalue weighted by atomic mass is 19.3. The van der Waals surface area contributed by atoms with Gasteiger partial charge in [0.15, 0.2) is 34.8 Å². The number of hydrogen-bond acceptors (Lipinski definition) is 1. The summed E-state index contributed by atoms with van der Waals surface area (Å²) in [6, 6.07) is 1.85. The van der Waals surface area contributed by atoms with Crippen molar-refractivity contribution in [3.63, 3.8) is 0 Å². The smallest absolute Gasteiger partial charge is 0.423 e. The van der Waals surface area contributed by atoms with Crippen LogP contribution in [-0.2, 0) is 6.11 Å². The average Bonchev–Trinajstić information content (AvgIpc) is 2.80. The molecule has 0 amide bonds. The molecule has 0 N–H and O–H groups in total. The lowest BCUT2D eigenvalue weighted by Crippen LogP contribution is -2.24. The summed E-state index contributed by atoms with van der Waals surface area (Å²) in [7, 11) is 0. The van der Waals surface area contributed by atoms with Crippen molar-refractivity contribution in [2.24, 2.45) is 17.8 Å². The van der Waals surface area contributed by atoms with Gasteiger partial charge in [-0.05, 0) is 85.3 Å². The maximum atomic E-state index is 14.6. The number of allylic oxidation sites excluding steroid dienone is 2. The summed E-state index contributed by atoms with van der Waals surface area (Å²) in [6.45, 7) is 2.26. The number of hydrogen-bond donors (Lipinski definition) is 0. The van der Waals surface area contributed by atoms with Crippen molar-refractivity contribution in [3.8, 4) is 5.75 Å². The zero-order valence-electron chi connectivity index (χ0n) is 18.6. The molecule has 0 aliphatic heterocycles. The molecule has 0 radical (unpaired) electrons. The minimum Gasteiger partial charge on any atom is -0.423 e. The van der Waals surface area contributed by atoms with Crippen LogP contribution < -0.4 is 4.74 Å². The van der Waals surface area contributed by atoms with Gasteiger partial charge in [0.2, 0.25) is 0 Å². The van der Waals surface area contributed by atoms with Crippen molar-refractivity contribution in [2.45, 2.75) is 58.0 Å². The molecule has 184 valence electrons. The first-order valence-electron chi connectivity index (χ1n) is 11.5. The number of halogens is 7. The van der Waals surface area contributed by atoms with Crippen molar-refractivity contribution >= 4 is 5.57 Å². The van der Waals surface area contributed by atoms with E-state index < -0.39 is 46.5 Å². The Morgan fingerprint density at radius 2 is 1.35 bits per heavy atom. The summed E-state index contributed by atoms with van der Waals surface area (Å²) in [5.74, 6) is -7.88. The summed E-state index contributed by atoms with van der Waals surface area (Å²) < 4.78 is 102. The van der Waals surface area contributed by atoms with Gasteiger partial charge in [-0.1, -0.05) is 25.8 Å². The van der Waals surface area contributed by atoms with Crippen LogP contribution >= 0.6 is 0 Å². The van der Waals surface area contributed by atoms with Gasteiger partial charge in [-0.15, -0.1) is 0 Å². The Balaban J connectivity index is 1.50. The second-order valence-corrected chi connectivity index (χ2v) is 9.43. The van der Waals surface area contributed by atoms with Gasteiger partial charge in [-0.25, -0.2) is 22.0 Å². The van der Waals surface area contributed by atoms with Gasteiger partial charge in [0.25, 0.3) is 0 Å². The van der Waals surface area contributed by atoms with Gasteiger partial charge in [0.1, 0.15) is 0 Å². The van der Waals surface area contributed by atoms with E-state index in [-0.39, 0.29) is 17.7 Å². The highest BCUT2D eigenvalue weighted by molar-refractivity contribution is 5.67. The summed E-state index contributed by atoms with van der Waals surface area (Å²) >= 11 is 0. The molecule has 2 aliphatic rings. The highest BCUT2D eigenvalue weighted by Crippen LogP contribution is 2.42. The highest BCUT2D eigenvalue weighted by Gasteiger charge is 2.38. The molecule has 4 rings (SSSR count). The third-order valence-electron chi connectivity index (χ3n) is 7.10. The van der Waals surface area contributed by atoms with Gasteiger partial charge < -0.3 is 4.74 Å². The lowest BCUT2D eigenvalue weighted by Gasteiger charge is -2.34. The standard InChI is InChI=1S/C26H25F7O/c1-14-2-4-15(5-3-14)16-6-8-17(9-7-16)18-10-22(29)25(23(30)11-18)34-26(32,33)19-12-20(27)24(31)21(28)13-19/h8,10-16H,2-7,9H2,1H3. The van der Waals surface area contributed by atoms with Crippen LogP contribution in [-0.4, -0.2) is 0 Å². The fourth-order valence-corrected chi connectivity index (χ4v) is 5.06. The monoisotopic (exact) mass is 486 g/mol. The van der Waals surface area contributed by atoms with Crippen LogP contribution in [0, 0.1) is 46.8 Å². The van der Waals surface area contributed by atoms with Crippen molar-refractivity contribution in [1.29, 1.82) is 0 Å². The molecular weight excluding hydrogens is 461 g/mol. The zero-order valence-corrected chi connectivity index (χ0v) is 18.6. The second-order valence-electron chi connectivity index (χ2n) is 9.43. The molecule has 2 aliphatic carbocycles. The fourth-order valence-electron chi connectivity index (χ4n) is 5.06. The van der Waals surface area contributed by atoms with E-state index in [1.165, 1.54) is 25.7 Å². The first-order chi connectivity index (χ1) is 16.0. The molecule has 0 spiro atoms. The maximum absolute atomic E-state index is 14.6. The van der Waals surface area contributed by atoms with Gasteiger partial charge in [-0.2, -0.15) is 8.78 Å². The van der Waals surface area contributed by atoms with E-state index >= 15 is 0 Å². The topological polar surface area (TPSA) is 9.23 Å². The minimum absolute atomic E-state index is 0.0127. The first-order valence-corrected chi connectivity index (χ1v) is 11.5. The van der Waals surface area contributed by atoms with E-state index in [0.29, 0.717) is 18.3 Å². The molecule has 1 fully saturated rings. The molecule has 2 aromatic rings. The summed E-state index contributed by atoms with van der Waals surface area (Å²) in [5.41, 5.74) is -0.440. The molecule has 1 unspecified atom stereocenters. The van der Waals surface area contributed by atoms with E-state index in [2.05, 4.69) is 11.7 Å². The molecule has 34 heavy (non-hydrogen) atoms. The zero-order chi connectivity index (χ0) is 24.6. The molecule has 0 aromatic heterocycles. The Labute approximate surface area is 193 Å². The van der Waals surface area contributed by atoms with Crippen molar-refractivity contribution in [2.75, 3.05) is 0 Å². The van der Waals surface area contributed by atoms with Crippen LogP contribution in [0.2, 0.25) is 0 Å². The van der Waals surface area contributed by atoms with Gasteiger partial charge in [0, 0.05) is 0 Å². The SMILES string of the molecule is CC1CCC(C2CC=C(c3cc(F)c(OC(F)(F)c4cc(F)c(F)c(F)c4)c(F)c3)CC2)CC1. The number of rotatable bonds is 5. The Hall–Kier alpha value is -2.51. The fraction of sp³-hybridized carbons (Fsp3) is 0.462. The van der Waals surface area contributed by atoms with E-state index in [1.807, 2.05) is 6.08 Å². The second kappa shape index (κ2) is 9.62. The molecule has 2 aromatic carbocycles. The molecule has 1 atom stereocenters. The van der Waals surface area contributed by atoms with Crippen LogP contribution in [0.3, 0.4) is 0 Å². The molecule has 8 heteroatoms. The minimum atomic E-state index is -4.51. The lowest BCUT2D eigenvalue weighted by molar-refractivity contribution is -0.188. The molecule has 1 saturated carbocycles. The Bertz CT molecular complexity index is 1040. The van der Waals surface area contributed by atoms with E-state index in [1.54, 1.807) is 0 Å². The van der Waals surface area contributed by atoms with Crippen LogP contribution in [0.25, 0.3) is 5.57 Å². The van der Waals surface area contributed by atoms with Crippen LogP contribution in [0.5, 0.6) is 5.75 Å². The van der Waals surface area contributed by atoms with Gasteiger partial charge in [0.05, 0.1) is 5.56 Å². The predicted octanol–water partition coefficient (Wildman–Crippen LogP) is 8.52. The van der Waals surface area contributed by atoms with Crippen LogP contribution in [0.1, 0.15) is 63.0 Å². The van der Waals surface area contributed by atoms with E-state index in [0.717, 1.165) is 36.5 Å². The van der Waals surface area contributed by atoms with Gasteiger partial charge >= 0.3 is 6.11 Å². The lowest BCUT2D eigenvalue weighted by atomic mass is 9.71. The van der Waals surface area contributed by atoms with Gasteiger partial charge in [-0.3, -0.25) is 0 Å². The third-order valence-corrected chi connectivity index (χ3v) is 7.10. The molecular formula is C26H25F7O. The molecule has 0 bridgehead atoms. The summed E-state index contributed by atoms with van der Waals surface area (Å²) in [5, 5.41) is 0.